The lowest BCUT2D eigenvalue weighted by molar-refractivity contribution is 0.0671. The fourth-order valence-corrected chi connectivity index (χ4v) is 3.71. The van der Waals surface area contributed by atoms with Gasteiger partial charge in [-0.05, 0) is 46.8 Å². The van der Waals surface area contributed by atoms with Gasteiger partial charge in [-0.2, -0.15) is 0 Å². The van der Waals surface area contributed by atoms with Gasteiger partial charge in [0.2, 0.25) is 0 Å². The Bertz CT molecular complexity index is 273. The smallest absolute Gasteiger partial charge is 0.0281 e. The summed E-state index contributed by atoms with van der Waals surface area (Å²) in [7, 11) is 4.53. The van der Waals surface area contributed by atoms with E-state index in [1.807, 2.05) is 0 Å². The molecule has 2 saturated heterocycles. The maximum atomic E-state index is 3.44. The monoisotopic (exact) mass is 268 g/mol. The third kappa shape index (κ3) is 4.42. The topological polar surface area (TPSA) is 21.8 Å². The zero-order chi connectivity index (χ0) is 13.9. The summed E-state index contributed by atoms with van der Waals surface area (Å²) in [5.41, 5.74) is 0.293. The summed E-state index contributed by atoms with van der Waals surface area (Å²) in [5.74, 6) is 0.869. The van der Waals surface area contributed by atoms with Crippen LogP contribution >= 0.6 is 0 Å². The second kappa shape index (κ2) is 6.53. The first-order chi connectivity index (χ1) is 8.97. The van der Waals surface area contributed by atoms with Gasteiger partial charge in [-0.3, -0.25) is 4.90 Å². The number of nitrogens with zero attached hydrogens (tertiary/aromatic N) is 3. The Balaban J connectivity index is 1.77. The molecule has 1 atom stereocenters. The number of piperazine rings is 1. The van der Waals surface area contributed by atoms with Crippen molar-refractivity contribution in [3.05, 3.63) is 0 Å². The molecule has 0 radical (unpaired) electrons. The average molecular weight is 268 g/mol. The van der Waals surface area contributed by atoms with Gasteiger partial charge in [0.1, 0.15) is 0 Å². The lowest BCUT2D eigenvalue weighted by atomic mass is 10.00. The maximum Gasteiger partial charge on any atom is 0.0281 e. The minimum Gasteiger partial charge on any atom is -0.314 e. The Morgan fingerprint density at radius 3 is 2.47 bits per heavy atom. The van der Waals surface area contributed by atoms with Crippen LogP contribution < -0.4 is 5.32 Å². The molecule has 0 aliphatic carbocycles. The Morgan fingerprint density at radius 1 is 1.21 bits per heavy atom. The molecule has 2 aliphatic rings. The van der Waals surface area contributed by atoms with E-state index in [4.69, 9.17) is 0 Å². The molecular weight excluding hydrogens is 236 g/mol. The highest BCUT2D eigenvalue weighted by Gasteiger charge is 2.30. The Morgan fingerprint density at radius 2 is 1.89 bits per heavy atom. The lowest BCUT2D eigenvalue weighted by Gasteiger charge is -2.43. The molecule has 2 rings (SSSR count). The molecule has 2 heterocycles. The minimum absolute atomic E-state index is 0.293. The van der Waals surface area contributed by atoms with Crippen molar-refractivity contribution in [1.29, 1.82) is 0 Å². The molecule has 0 aromatic heterocycles. The molecule has 4 heteroatoms. The third-order valence-electron chi connectivity index (χ3n) is 4.69. The first-order valence-electron chi connectivity index (χ1n) is 7.80. The molecule has 1 N–H and O–H groups in total. The Labute approximate surface area is 119 Å². The summed E-state index contributed by atoms with van der Waals surface area (Å²) in [6.45, 7) is 14.4. The number of nitrogens with one attached hydrogen (secondary N) is 1. The molecule has 0 aromatic rings. The van der Waals surface area contributed by atoms with Gasteiger partial charge in [0.25, 0.3) is 0 Å². The molecule has 0 bridgehead atoms. The van der Waals surface area contributed by atoms with E-state index in [1.54, 1.807) is 0 Å². The molecule has 4 nitrogen and oxygen atoms in total. The second-order valence-corrected chi connectivity index (χ2v) is 7.16. The highest BCUT2D eigenvalue weighted by Crippen LogP contribution is 2.19. The number of hydrogen-bond acceptors (Lipinski definition) is 4. The quantitative estimate of drug-likeness (QED) is 0.786. The molecule has 0 amide bonds. The summed E-state index contributed by atoms with van der Waals surface area (Å²) >= 11 is 0. The van der Waals surface area contributed by atoms with Crippen LogP contribution in [0.25, 0.3) is 0 Å². The van der Waals surface area contributed by atoms with Crippen molar-refractivity contribution < 1.29 is 0 Å². The van der Waals surface area contributed by atoms with E-state index >= 15 is 0 Å². The van der Waals surface area contributed by atoms with Crippen LogP contribution in [0.5, 0.6) is 0 Å². The first-order valence-corrected chi connectivity index (χ1v) is 7.80. The van der Waals surface area contributed by atoms with Crippen molar-refractivity contribution in [2.24, 2.45) is 5.92 Å². The van der Waals surface area contributed by atoms with E-state index in [9.17, 15) is 0 Å². The summed E-state index contributed by atoms with van der Waals surface area (Å²) in [5, 5.41) is 3.44. The highest BCUT2D eigenvalue weighted by atomic mass is 15.3. The Kier molecular flexibility index (Phi) is 5.23. The van der Waals surface area contributed by atoms with Gasteiger partial charge in [-0.15, -0.1) is 0 Å². The zero-order valence-electron chi connectivity index (χ0n) is 13.3. The molecule has 0 aromatic carbocycles. The summed E-state index contributed by atoms with van der Waals surface area (Å²) < 4.78 is 0. The largest absolute Gasteiger partial charge is 0.314 e. The van der Waals surface area contributed by atoms with Gasteiger partial charge in [0.15, 0.2) is 0 Å². The van der Waals surface area contributed by atoms with Gasteiger partial charge in [0, 0.05) is 51.4 Å². The molecule has 0 saturated carbocycles. The maximum absolute atomic E-state index is 3.44. The molecule has 0 spiro atoms. The molecule has 1 unspecified atom stereocenters. The van der Waals surface area contributed by atoms with E-state index in [-0.39, 0.29) is 0 Å². The van der Waals surface area contributed by atoms with Crippen molar-refractivity contribution >= 4 is 0 Å². The summed E-state index contributed by atoms with van der Waals surface area (Å²) in [4.78, 5) is 7.65. The normalized spacial score (nSPS) is 27.3. The highest BCUT2D eigenvalue weighted by molar-refractivity contribution is 4.88. The molecular formula is C15H32N4. The number of likely N-dealkylation sites (tertiary alicyclic amines) is 1. The van der Waals surface area contributed by atoms with Gasteiger partial charge >= 0.3 is 0 Å². The summed E-state index contributed by atoms with van der Waals surface area (Å²) in [6, 6.07) is 0. The zero-order valence-corrected chi connectivity index (χ0v) is 13.3. The third-order valence-corrected chi connectivity index (χ3v) is 4.69. The van der Waals surface area contributed by atoms with Crippen LogP contribution in [0.3, 0.4) is 0 Å². The van der Waals surface area contributed by atoms with Crippen LogP contribution in [0.4, 0.5) is 0 Å². The number of rotatable bonds is 5. The number of hydrogen-bond donors (Lipinski definition) is 1. The van der Waals surface area contributed by atoms with Crippen LogP contribution in [0.1, 0.15) is 20.3 Å². The minimum atomic E-state index is 0.293. The predicted octanol–water partition coefficient (Wildman–Crippen LogP) is 0.554. The second-order valence-electron chi connectivity index (χ2n) is 7.16. The van der Waals surface area contributed by atoms with E-state index < -0.39 is 0 Å². The molecule has 112 valence electrons. The van der Waals surface area contributed by atoms with E-state index in [1.165, 1.54) is 45.7 Å². The number of likely N-dealkylation sites (N-methyl/N-ethyl adjacent to an activating group) is 1. The SMILES string of the molecule is CN1CCC(CN(C)CC(C)(C)N2CCNCC2)C1. The predicted molar refractivity (Wildman–Crippen MR) is 81.6 cm³/mol. The van der Waals surface area contributed by atoms with Gasteiger partial charge in [-0.25, -0.2) is 0 Å². The van der Waals surface area contributed by atoms with E-state index in [0.717, 1.165) is 19.0 Å². The average Bonchev–Trinajstić information content (AvgIpc) is 2.75. The van der Waals surface area contributed by atoms with E-state index in [0.29, 0.717) is 5.54 Å². The van der Waals surface area contributed by atoms with Crippen LogP contribution in [0.2, 0.25) is 0 Å². The fraction of sp³-hybridized carbons (Fsp3) is 1.00. The van der Waals surface area contributed by atoms with Crippen LogP contribution in [0, 0.1) is 5.92 Å². The van der Waals surface area contributed by atoms with Crippen molar-refractivity contribution in [1.82, 2.24) is 20.0 Å². The summed E-state index contributed by atoms with van der Waals surface area (Å²) in [6.07, 6.45) is 1.37. The van der Waals surface area contributed by atoms with E-state index in [2.05, 4.69) is 48.0 Å². The lowest BCUT2D eigenvalue weighted by Crippen LogP contribution is -2.57. The Hall–Kier alpha value is -0.160. The fourth-order valence-electron chi connectivity index (χ4n) is 3.71. The van der Waals surface area contributed by atoms with Crippen molar-refractivity contribution in [3.63, 3.8) is 0 Å². The van der Waals surface area contributed by atoms with Gasteiger partial charge in [0.05, 0.1) is 0 Å². The van der Waals surface area contributed by atoms with Crippen molar-refractivity contribution in [2.45, 2.75) is 25.8 Å². The molecule has 2 aliphatic heterocycles. The van der Waals surface area contributed by atoms with Crippen molar-refractivity contribution in [2.75, 3.05) is 66.5 Å². The van der Waals surface area contributed by atoms with Crippen LogP contribution in [-0.2, 0) is 0 Å². The van der Waals surface area contributed by atoms with Crippen LogP contribution in [-0.4, -0.2) is 86.7 Å². The van der Waals surface area contributed by atoms with Gasteiger partial charge < -0.3 is 15.1 Å². The standard InChI is InChI=1S/C15H32N4/c1-15(2,19-9-6-16-7-10-19)13-18(4)12-14-5-8-17(3)11-14/h14,16H,5-13H2,1-4H3. The molecule has 2 fully saturated rings. The van der Waals surface area contributed by atoms with Crippen LogP contribution in [0.15, 0.2) is 0 Å². The first kappa shape index (κ1) is 15.2. The van der Waals surface area contributed by atoms with Gasteiger partial charge in [-0.1, -0.05) is 0 Å². The van der Waals surface area contributed by atoms with Crippen molar-refractivity contribution in [3.8, 4) is 0 Å². The molecule has 19 heavy (non-hydrogen) atoms.